The molecule has 2 rings (SSSR count). The van der Waals surface area contributed by atoms with Gasteiger partial charge in [0.05, 0.1) is 0 Å². The molecule has 0 aliphatic heterocycles. The third-order valence-corrected chi connectivity index (χ3v) is 1.82. The van der Waals surface area contributed by atoms with E-state index in [1.165, 1.54) is 18.3 Å². The average molecular weight is 204 g/mol. The number of ether oxygens (including phenoxy) is 1. The van der Waals surface area contributed by atoms with Crippen molar-refractivity contribution in [3.05, 3.63) is 54.2 Å². The Morgan fingerprint density at radius 2 is 2.07 bits per heavy atom. The number of pyridine rings is 2. The van der Waals surface area contributed by atoms with Crippen molar-refractivity contribution >= 4 is 0 Å². The second kappa shape index (κ2) is 4.50. The molecule has 0 N–H and O–H groups in total. The first kappa shape index (κ1) is 9.58. The number of rotatable bonds is 3. The summed E-state index contributed by atoms with van der Waals surface area (Å²) in [4.78, 5) is 7.70. The first-order chi connectivity index (χ1) is 7.36. The van der Waals surface area contributed by atoms with Gasteiger partial charge in [0, 0.05) is 24.2 Å². The van der Waals surface area contributed by atoms with Gasteiger partial charge in [0.2, 0.25) is 0 Å². The van der Waals surface area contributed by atoms with Crippen molar-refractivity contribution in [2.24, 2.45) is 0 Å². The second-order valence-corrected chi connectivity index (χ2v) is 2.94. The van der Waals surface area contributed by atoms with E-state index in [1.54, 1.807) is 18.5 Å². The molecule has 3 nitrogen and oxygen atoms in total. The molecule has 0 saturated carbocycles. The van der Waals surface area contributed by atoms with E-state index in [2.05, 4.69) is 9.97 Å². The Morgan fingerprint density at radius 3 is 2.80 bits per heavy atom. The number of aromatic nitrogens is 2. The van der Waals surface area contributed by atoms with E-state index in [9.17, 15) is 4.39 Å². The molecule has 2 heterocycles. The van der Waals surface area contributed by atoms with E-state index in [1.807, 2.05) is 6.07 Å². The standard InChI is InChI=1S/C11H9FN2O/c12-10-4-2-6-14-11(10)15-8-9-3-1-5-13-7-9/h1-7H,8H2. The molecule has 15 heavy (non-hydrogen) atoms. The van der Waals surface area contributed by atoms with Crippen molar-refractivity contribution < 1.29 is 9.13 Å². The SMILES string of the molecule is Fc1cccnc1OCc1cccnc1. The zero-order chi connectivity index (χ0) is 10.5. The molecule has 0 atom stereocenters. The van der Waals surface area contributed by atoms with Gasteiger partial charge < -0.3 is 4.74 Å². The average Bonchev–Trinajstić information content (AvgIpc) is 2.29. The van der Waals surface area contributed by atoms with Crippen LogP contribution in [0.3, 0.4) is 0 Å². The number of halogens is 1. The molecular formula is C11H9FN2O. The third-order valence-electron chi connectivity index (χ3n) is 1.82. The molecule has 0 aliphatic carbocycles. The summed E-state index contributed by atoms with van der Waals surface area (Å²) in [6.07, 6.45) is 4.83. The summed E-state index contributed by atoms with van der Waals surface area (Å²) >= 11 is 0. The van der Waals surface area contributed by atoms with Gasteiger partial charge in [-0.3, -0.25) is 4.98 Å². The van der Waals surface area contributed by atoms with Crippen LogP contribution in [0, 0.1) is 5.82 Å². The zero-order valence-electron chi connectivity index (χ0n) is 7.93. The normalized spacial score (nSPS) is 9.93. The van der Waals surface area contributed by atoms with Crippen LogP contribution < -0.4 is 4.74 Å². The first-order valence-electron chi connectivity index (χ1n) is 4.48. The van der Waals surface area contributed by atoms with E-state index in [4.69, 9.17) is 4.74 Å². The Bertz CT molecular complexity index is 434. The monoisotopic (exact) mass is 204 g/mol. The van der Waals surface area contributed by atoms with E-state index in [0.717, 1.165) is 5.56 Å². The van der Waals surface area contributed by atoms with Crippen molar-refractivity contribution in [1.82, 2.24) is 9.97 Å². The minimum absolute atomic E-state index is 0.0151. The molecule has 2 aromatic rings. The van der Waals surface area contributed by atoms with Gasteiger partial charge >= 0.3 is 0 Å². The highest BCUT2D eigenvalue weighted by molar-refractivity contribution is 5.14. The van der Waals surface area contributed by atoms with Gasteiger partial charge in [0.25, 0.3) is 5.88 Å². The Labute approximate surface area is 86.6 Å². The maximum atomic E-state index is 13.1. The molecular weight excluding hydrogens is 195 g/mol. The van der Waals surface area contributed by atoms with Crippen molar-refractivity contribution in [3.63, 3.8) is 0 Å². The van der Waals surface area contributed by atoms with Crippen LogP contribution in [0.1, 0.15) is 5.56 Å². The lowest BCUT2D eigenvalue weighted by molar-refractivity contribution is 0.277. The Kier molecular flexibility index (Phi) is 2.88. The van der Waals surface area contributed by atoms with Crippen LogP contribution in [0.2, 0.25) is 0 Å². The fourth-order valence-corrected chi connectivity index (χ4v) is 1.11. The van der Waals surface area contributed by atoms with E-state index < -0.39 is 5.82 Å². The smallest absolute Gasteiger partial charge is 0.250 e. The summed E-state index contributed by atoms with van der Waals surface area (Å²) in [6, 6.07) is 6.49. The highest BCUT2D eigenvalue weighted by Crippen LogP contribution is 2.12. The summed E-state index contributed by atoms with van der Waals surface area (Å²) in [5, 5.41) is 0. The van der Waals surface area contributed by atoms with Crippen LogP contribution in [-0.2, 0) is 6.61 Å². The first-order valence-corrected chi connectivity index (χ1v) is 4.48. The van der Waals surface area contributed by atoms with Crippen LogP contribution in [0.4, 0.5) is 4.39 Å². The molecule has 0 unspecified atom stereocenters. The predicted molar refractivity (Wildman–Crippen MR) is 52.8 cm³/mol. The summed E-state index contributed by atoms with van der Waals surface area (Å²) in [5.74, 6) is -0.442. The van der Waals surface area contributed by atoms with Gasteiger partial charge in [-0.15, -0.1) is 0 Å². The molecule has 0 bridgehead atoms. The van der Waals surface area contributed by atoms with Crippen LogP contribution in [0.15, 0.2) is 42.9 Å². The molecule has 0 spiro atoms. The fourth-order valence-electron chi connectivity index (χ4n) is 1.11. The molecule has 2 aromatic heterocycles. The van der Waals surface area contributed by atoms with Gasteiger partial charge in [0.1, 0.15) is 6.61 Å². The van der Waals surface area contributed by atoms with Crippen molar-refractivity contribution in [3.8, 4) is 5.88 Å². The fraction of sp³-hybridized carbons (Fsp3) is 0.0909. The molecule has 0 saturated heterocycles. The topological polar surface area (TPSA) is 35.0 Å². The molecule has 0 aromatic carbocycles. The lowest BCUT2D eigenvalue weighted by Crippen LogP contribution is -1.99. The van der Waals surface area contributed by atoms with Crippen LogP contribution in [-0.4, -0.2) is 9.97 Å². The number of hydrogen-bond acceptors (Lipinski definition) is 3. The maximum absolute atomic E-state index is 13.1. The second-order valence-electron chi connectivity index (χ2n) is 2.94. The van der Waals surface area contributed by atoms with E-state index in [0.29, 0.717) is 0 Å². The van der Waals surface area contributed by atoms with Crippen molar-refractivity contribution in [2.45, 2.75) is 6.61 Å². The van der Waals surface area contributed by atoms with Gasteiger partial charge in [-0.1, -0.05) is 6.07 Å². The lowest BCUT2D eigenvalue weighted by Gasteiger charge is -2.04. The summed E-state index contributed by atoms with van der Waals surface area (Å²) < 4.78 is 18.3. The van der Waals surface area contributed by atoms with Gasteiger partial charge in [-0.25, -0.2) is 9.37 Å². The van der Waals surface area contributed by atoms with Gasteiger partial charge in [0.15, 0.2) is 5.82 Å². The Morgan fingerprint density at radius 1 is 1.20 bits per heavy atom. The number of nitrogens with zero attached hydrogens (tertiary/aromatic N) is 2. The number of hydrogen-bond donors (Lipinski definition) is 0. The minimum atomic E-state index is -0.457. The van der Waals surface area contributed by atoms with E-state index >= 15 is 0 Å². The maximum Gasteiger partial charge on any atom is 0.250 e. The quantitative estimate of drug-likeness (QED) is 0.768. The Hall–Kier alpha value is -1.97. The molecule has 4 heteroatoms. The summed E-state index contributed by atoms with van der Waals surface area (Å²) in [7, 11) is 0. The van der Waals surface area contributed by atoms with Crippen LogP contribution >= 0.6 is 0 Å². The highest BCUT2D eigenvalue weighted by atomic mass is 19.1. The molecule has 0 radical (unpaired) electrons. The molecule has 0 aliphatic rings. The van der Waals surface area contributed by atoms with Crippen LogP contribution in [0.25, 0.3) is 0 Å². The summed E-state index contributed by atoms with van der Waals surface area (Å²) in [6.45, 7) is 0.266. The van der Waals surface area contributed by atoms with Crippen LogP contribution in [0.5, 0.6) is 5.88 Å². The summed E-state index contributed by atoms with van der Waals surface area (Å²) in [5.41, 5.74) is 0.877. The molecule has 0 fully saturated rings. The van der Waals surface area contributed by atoms with Crippen molar-refractivity contribution in [1.29, 1.82) is 0 Å². The minimum Gasteiger partial charge on any atom is -0.471 e. The van der Waals surface area contributed by atoms with Gasteiger partial charge in [-0.2, -0.15) is 0 Å². The van der Waals surface area contributed by atoms with E-state index in [-0.39, 0.29) is 12.5 Å². The Balaban J connectivity index is 2.03. The van der Waals surface area contributed by atoms with Gasteiger partial charge in [-0.05, 0) is 18.2 Å². The third kappa shape index (κ3) is 2.49. The highest BCUT2D eigenvalue weighted by Gasteiger charge is 2.02. The lowest BCUT2D eigenvalue weighted by atomic mass is 10.3. The largest absolute Gasteiger partial charge is 0.471 e. The molecule has 0 amide bonds. The zero-order valence-corrected chi connectivity index (χ0v) is 7.93. The predicted octanol–water partition coefficient (Wildman–Crippen LogP) is 2.19. The molecule has 76 valence electrons. The van der Waals surface area contributed by atoms with Crippen molar-refractivity contribution in [2.75, 3.05) is 0 Å².